The fraction of sp³-hybridized carbons (Fsp3) is 0.435. The minimum atomic E-state index is -0.643. The SMILES string of the molecule is Cc1cccc(C(=O)N[C@H](C(=O)Nc2ccc(N3CCN(C)CC3)nc2)C(C)C)c1. The normalized spacial score (nSPS) is 15.7. The van der Waals surface area contributed by atoms with Gasteiger partial charge < -0.3 is 20.4 Å². The van der Waals surface area contributed by atoms with Crippen LogP contribution in [0.3, 0.4) is 0 Å². The van der Waals surface area contributed by atoms with E-state index in [2.05, 4.69) is 32.5 Å². The van der Waals surface area contributed by atoms with Crippen LogP contribution in [0.5, 0.6) is 0 Å². The average Bonchev–Trinajstić information content (AvgIpc) is 2.72. The number of rotatable bonds is 6. The Morgan fingerprint density at radius 1 is 1.07 bits per heavy atom. The lowest BCUT2D eigenvalue weighted by Gasteiger charge is -2.33. The van der Waals surface area contributed by atoms with Crippen molar-refractivity contribution >= 4 is 23.3 Å². The van der Waals surface area contributed by atoms with Crippen molar-refractivity contribution in [3.63, 3.8) is 0 Å². The molecule has 2 heterocycles. The summed E-state index contributed by atoms with van der Waals surface area (Å²) in [6, 6.07) is 10.5. The van der Waals surface area contributed by atoms with Crippen LogP contribution < -0.4 is 15.5 Å². The topological polar surface area (TPSA) is 77.6 Å². The molecule has 1 aromatic heterocycles. The number of nitrogens with one attached hydrogen (secondary N) is 2. The van der Waals surface area contributed by atoms with Crippen LogP contribution in [-0.4, -0.2) is 61.0 Å². The van der Waals surface area contributed by atoms with Crippen LogP contribution in [0.1, 0.15) is 29.8 Å². The van der Waals surface area contributed by atoms with Crippen LogP contribution in [0.25, 0.3) is 0 Å². The van der Waals surface area contributed by atoms with Crippen LogP contribution in [0.15, 0.2) is 42.6 Å². The fourth-order valence-electron chi connectivity index (χ4n) is 3.45. The van der Waals surface area contributed by atoms with Crippen molar-refractivity contribution in [2.45, 2.75) is 26.8 Å². The molecule has 1 fully saturated rings. The molecule has 2 N–H and O–H groups in total. The summed E-state index contributed by atoms with van der Waals surface area (Å²) in [4.78, 5) is 34.5. The molecule has 2 aromatic rings. The number of amides is 2. The van der Waals surface area contributed by atoms with Crippen molar-refractivity contribution in [3.8, 4) is 0 Å². The maximum absolute atomic E-state index is 12.8. The molecule has 2 amide bonds. The quantitative estimate of drug-likeness (QED) is 0.767. The van der Waals surface area contributed by atoms with Gasteiger partial charge in [-0.3, -0.25) is 9.59 Å². The highest BCUT2D eigenvalue weighted by Crippen LogP contribution is 2.17. The number of nitrogens with zero attached hydrogens (tertiary/aromatic N) is 3. The summed E-state index contributed by atoms with van der Waals surface area (Å²) >= 11 is 0. The highest BCUT2D eigenvalue weighted by Gasteiger charge is 2.25. The summed E-state index contributed by atoms with van der Waals surface area (Å²) in [6.45, 7) is 9.66. The highest BCUT2D eigenvalue weighted by atomic mass is 16.2. The highest BCUT2D eigenvalue weighted by molar-refractivity contribution is 6.01. The molecule has 160 valence electrons. The Kier molecular flexibility index (Phi) is 7.05. The van der Waals surface area contributed by atoms with Crippen LogP contribution in [0, 0.1) is 12.8 Å². The number of pyridine rings is 1. The fourth-order valence-corrected chi connectivity index (χ4v) is 3.45. The predicted molar refractivity (Wildman–Crippen MR) is 120 cm³/mol. The van der Waals surface area contributed by atoms with Gasteiger partial charge in [0.2, 0.25) is 5.91 Å². The van der Waals surface area contributed by atoms with E-state index in [4.69, 9.17) is 0 Å². The summed E-state index contributed by atoms with van der Waals surface area (Å²) in [7, 11) is 2.12. The second-order valence-electron chi connectivity index (χ2n) is 8.25. The van der Waals surface area contributed by atoms with Crippen molar-refractivity contribution in [2.24, 2.45) is 5.92 Å². The molecule has 0 aliphatic carbocycles. The van der Waals surface area contributed by atoms with Crippen molar-refractivity contribution in [1.29, 1.82) is 0 Å². The molecule has 1 atom stereocenters. The molecule has 0 saturated carbocycles. The third-order valence-corrected chi connectivity index (χ3v) is 5.36. The zero-order chi connectivity index (χ0) is 21.7. The number of hydrogen-bond donors (Lipinski definition) is 2. The van der Waals surface area contributed by atoms with Crippen LogP contribution in [0.4, 0.5) is 11.5 Å². The monoisotopic (exact) mass is 409 g/mol. The predicted octanol–water partition coefficient (Wildman–Crippen LogP) is 2.53. The molecule has 0 spiro atoms. The molecule has 1 aliphatic heterocycles. The Hall–Kier alpha value is -2.93. The maximum Gasteiger partial charge on any atom is 0.251 e. The number of likely N-dealkylation sites (N-methyl/N-ethyl adjacent to an activating group) is 1. The molecular formula is C23H31N5O2. The number of aromatic nitrogens is 1. The van der Waals surface area contributed by atoms with Gasteiger partial charge in [0.15, 0.2) is 0 Å². The molecule has 0 bridgehead atoms. The first-order valence-corrected chi connectivity index (χ1v) is 10.4. The summed E-state index contributed by atoms with van der Waals surface area (Å²) in [5, 5.41) is 5.75. The van der Waals surface area contributed by atoms with Crippen LogP contribution in [0.2, 0.25) is 0 Å². The van der Waals surface area contributed by atoms with E-state index in [9.17, 15) is 9.59 Å². The molecule has 0 radical (unpaired) electrons. The Morgan fingerprint density at radius 3 is 2.40 bits per heavy atom. The molecule has 7 heteroatoms. The van der Waals surface area contributed by atoms with Gasteiger partial charge in [-0.2, -0.15) is 0 Å². The second kappa shape index (κ2) is 9.71. The maximum atomic E-state index is 12.8. The molecule has 1 aromatic carbocycles. The van der Waals surface area contributed by atoms with Gasteiger partial charge in [0, 0.05) is 31.7 Å². The largest absolute Gasteiger partial charge is 0.354 e. The van der Waals surface area contributed by atoms with Crippen molar-refractivity contribution in [2.75, 3.05) is 43.4 Å². The van der Waals surface area contributed by atoms with Gasteiger partial charge in [-0.25, -0.2) is 4.98 Å². The lowest BCUT2D eigenvalue weighted by Crippen LogP contribution is -2.47. The lowest BCUT2D eigenvalue weighted by molar-refractivity contribution is -0.118. The van der Waals surface area contributed by atoms with E-state index < -0.39 is 6.04 Å². The Balaban J connectivity index is 1.62. The minimum Gasteiger partial charge on any atom is -0.354 e. The van der Waals surface area contributed by atoms with Gasteiger partial charge in [0.05, 0.1) is 11.9 Å². The smallest absolute Gasteiger partial charge is 0.251 e. The van der Waals surface area contributed by atoms with E-state index in [0.717, 1.165) is 37.6 Å². The van der Waals surface area contributed by atoms with Gasteiger partial charge in [-0.05, 0) is 44.2 Å². The van der Waals surface area contributed by atoms with Crippen molar-refractivity contribution in [1.82, 2.24) is 15.2 Å². The Morgan fingerprint density at radius 2 is 1.80 bits per heavy atom. The number of piperazine rings is 1. The molecular weight excluding hydrogens is 378 g/mol. The molecule has 1 aliphatic rings. The summed E-state index contributed by atoms with van der Waals surface area (Å²) < 4.78 is 0. The summed E-state index contributed by atoms with van der Waals surface area (Å²) in [6.07, 6.45) is 1.67. The van der Waals surface area contributed by atoms with Crippen molar-refractivity contribution < 1.29 is 9.59 Å². The van der Waals surface area contributed by atoms with Crippen LogP contribution in [-0.2, 0) is 4.79 Å². The lowest BCUT2D eigenvalue weighted by atomic mass is 10.0. The molecule has 1 saturated heterocycles. The number of aryl methyl sites for hydroxylation is 1. The van der Waals surface area contributed by atoms with Gasteiger partial charge in [-0.1, -0.05) is 31.5 Å². The van der Waals surface area contributed by atoms with E-state index in [1.807, 2.05) is 51.1 Å². The average molecular weight is 410 g/mol. The standard InChI is InChI=1S/C23H31N5O2/c1-16(2)21(26-22(29)18-7-5-6-17(3)14-18)23(30)25-19-8-9-20(24-15-19)28-12-10-27(4)11-13-28/h5-9,14-16,21H,10-13H2,1-4H3,(H,25,30)(H,26,29)/t21-/m0/s1. The third-order valence-electron chi connectivity index (χ3n) is 5.36. The van der Waals surface area contributed by atoms with E-state index in [0.29, 0.717) is 11.3 Å². The number of benzene rings is 1. The van der Waals surface area contributed by atoms with Gasteiger partial charge >= 0.3 is 0 Å². The zero-order valence-electron chi connectivity index (χ0n) is 18.2. The number of carbonyl (C=O) groups is 2. The van der Waals surface area contributed by atoms with Crippen molar-refractivity contribution in [3.05, 3.63) is 53.7 Å². The molecule has 7 nitrogen and oxygen atoms in total. The first kappa shape index (κ1) is 21.8. The second-order valence-corrected chi connectivity index (χ2v) is 8.25. The van der Waals surface area contributed by atoms with Crippen LogP contribution >= 0.6 is 0 Å². The first-order valence-electron chi connectivity index (χ1n) is 10.4. The molecule has 0 unspecified atom stereocenters. The molecule has 30 heavy (non-hydrogen) atoms. The number of carbonyl (C=O) groups excluding carboxylic acids is 2. The van der Waals surface area contributed by atoms with Gasteiger partial charge in [0.1, 0.15) is 11.9 Å². The Bertz CT molecular complexity index is 873. The van der Waals surface area contributed by atoms with E-state index >= 15 is 0 Å². The summed E-state index contributed by atoms with van der Waals surface area (Å²) in [5.41, 5.74) is 2.17. The number of anilines is 2. The Labute approximate surface area is 178 Å². The number of hydrogen-bond acceptors (Lipinski definition) is 5. The van der Waals surface area contributed by atoms with Gasteiger partial charge in [0.25, 0.3) is 5.91 Å². The van der Waals surface area contributed by atoms with Gasteiger partial charge in [-0.15, -0.1) is 0 Å². The third kappa shape index (κ3) is 5.57. The van der Waals surface area contributed by atoms with E-state index in [1.54, 1.807) is 12.3 Å². The van der Waals surface area contributed by atoms with E-state index in [-0.39, 0.29) is 17.7 Å². The first-order chi connectivity index (χ1) is 14.3. The molecule has 3 rings (SSSR count). The van der Waals surface area contributed by atoms with E-state index in [1.165, 1.54) is 0 Å². The minimum absolute atomic E-state index is 0.0590. The zero-order valence-corrected chi connectivity index (χ0v) is 18.2. The summed E-state index contributed by atoms with van der Waals surface area (Å²) in [5.74, 6) is 0.349.